The Bertz CT molecular complexity index is 800. The first kappa shape index (κ1) is 18.7. The van der Waals surface area contributed by atoms with E-state index >= 15 is 0 Å². The van der Waals surface area contributed by atoms with Gasteiger partial charge in [-0.05, 0) is 25.0 Å². The Balaban J connectivity index is 1.64. The molecule has 26 heavy (non-hydrogen) atoms. The lowest BCUT2D eigenvalue weighted by Crippen LogP contribution is -2.45. The maximum absolute atomic E-state index is 12.8. The highest BCUT2D eigenvalue weighted by molar-refractivity contribution is 7.91. The highest BCUT2D eigenvalue weighted by Crippen LogP contribution is 2.29. The van der Waals surface area contributed by atoms with Crippen LogP contribution in [0.1, 0.15) is 19.3 Å². The second-order valence-corrected chi connectivity index (χ2v) is 9.29. The van der Waals surface area contributed by atoms with Gasteiger partial charge in [0.1, 0.15) is 15.6 Å². The number of ether oxygens (including phenoxy) is 1. The summed E-state index contributed by atoms with van der Waals surface area (Å²) in [4.78, 5) is 28.5. The number of carbonyl (C=O) groups excluding carboxylic acids is 2. The highest BCUT2D eigenvalue weighted by Gasteiger charge is 2.39. The van der Waals surface area contributed by atoms with Gasteiger partial charge in [-0.3, -0.25) is 9.59 Å². The molecule has 0 unspecified atom stereocenters. The molecule has 1 atom stereocenters. The second-order valence-electron chi connectivity index (χ2n) is 6.96. The fourth-order valence-electron chi connectivity index (χ4n) is 3.66. The summed E-state index contributed by atoms with van der Waals surface area (Å²) in [7, 11) is -1.50. The fourth-order valence-corrected chi connectivity index (χ4v) is 4.73. The molecule has 0 aliphatic carbocycles. The molecule has 2 heterocycles. The predicted molar refractivity (Wildman–Crippen MR) is 97.9 cm³/mol. The van der Waals surface area contributed by atoms with Gasteiger partial charge in [0.05, 0.1) is 18.3 Å². The van der Waals surface area contributed by atoms with Gasteiger partial charge < -0.3 is 14.5 Å². The van der Waals surface area contributed by atoms with E-state index in [-0.39, 0.29) is 29.4 Å². The Morgan fingerprint density at radius 1 is 1.23 bits per heavy atom. The van der Waals surface area contributed by atoms with E-state index in [2.05, 4.69) is 0 Å². The average Bonchev–Trinajstić information content (AvgIpc) is 3.02. The van der Waals surface area contributed by atoms with Crippen molar-refractivity contribution in [3.05, 3.63) is 24.3 Å². The topological polar surface area (TPSA) is 84.0 Å². The minimum atomic E-state index is -3.07. The molecule has 2 fully saturated rings. The molecule has 8 heteroatoms. The Labute approximate surface area is 153 Å². The Hall–Kier alpha value is -2.09. The molecule has 2 aliphatic heterocycles. The van der Waals surface area contributed by atoms with Crippen LogP contribution in [0, 0.1) is 5.92 Å². The standard InChI is InChI=1S/C18H24N2O5S/c1-25-15-5-3-4-14(11-15)20-12-13(10-17(20)21)18(22)19-8-6-16(7-9-19)26(2,23)24/h3-5,11,13,16H,6-10,12H2,1-2H3/t13-/m0/s1. The zero-order chi connectivity index (χ0) is 18.9. The third-order valence-corrected chi connectivity index (χ3v) is 6.88. The maximum Gasteiger partial charge on any atom is 0.228 e. The molecule has 2 amide bonds. The van der Waals surface area contributed by atoms with E-state index in [0.29, 0.717) is 38.2 Å². The van der Waals surface area contributed by atoms with Gasteiger partial charge in [-0.2, -0.15) is 0 Å². The van der Waals surface area contributed by atoms with Crippen LogP contribution >= 0.6 is 0 Å². The number of hydrogen-bond donors (Lipinski definition) is 0. The van der Waals surface area contributed by atoms with Crippen LogP contribution < -0.4 is 9.64 Å². The summed E-state index contributed by atoms with van der Waals surface area (Å²) < 4.78 is 28.5. The van der Waals surface area contributed by atoms with E-state index in [4.69, 9.17) is 4.74 Å². The molecular formula is C18H24N2O5S. The molecule has 0 aromatic heterocycles. The summed E-state index contributed by atoms with van der Waals surface area (Å²) in [6.45, 7) is 1.21. The van der Waals surface area contributed by atoms with Gasteiger partial charge in [0.25, 0.3) is 0 Å². The van der Waals surface area contributed by atoms with Crippen LogP contribution in [-0.4, -0.2) is 63.4 Å². The van der Waals surface area contributed by atoms with Crippen LogP contribution in [0.5, 0.6) is 5.75 Å². The summed E-state index contributed by atoms with van der Waals surface area (Å²) in [6.07, 6.45) is 2.36. The number of likely N-dealkylation sites (tertiary alicyclic amines) is 1. The van der Waals surface area contributed by atoms with Crippen LogP contribution in [-0.2, 0) is 19.4 Å². The number of carbonyl (C=O) groups is 2. The number of amides is 2. The van der Waals surface area contributed by atoms with E-state index in [0.717, 1.165) is 5.69 Å². The Kier molecular flexibility index (Phi) is 5.22. The molecule has 142 valence electrons. The number of piperidine rings is 1. The van der Waals surface area contributed by atoms with Gasteiger partial charge in [-0.1, -0.05) is 6.07 Å². The molecule has 1 aromatic carbocycles. The summed E-state index contributed by atoms with van der Waals surface area (Å²) >= 11 is 0. The summed E-state index contributed by atoms with van der Waals surface area (Å²) in [5.74, 6) is 0.134. The predicted octanol–water partition coefficient (Wildman–Crippen LogP) is 1.08. The molecule has 7 nitrogen and oxygen atoms in total. The number of benzene rings is 1. The van der Waals surface area contributed by atoms with Crippen molar-refractivity contribution in [1.29, 1.82) is 0 Å². The lowest BCUT2D eigenvalue weighted by Gasteiger charge is -2.32. The molecule has 0 radical (unpaired) electrons. The van der Waals surface area contributed by atoms with Crippen molar-refractivity contribution in [2.24, 2.45) is 5.92 Å². The van der Waals surface area contributed by atoms with E-state index in [1.54, 1.807) is 29.0 Å². The number of nitrogens with zero attached hydrogens (tertiary/aromatic N) is 2. The molecule has 2 saturated heterocycles. The molecule has 1 aromatic rings. The largest absolute Gasteiger partial charge is 0.497 e. The third-order valence-electron chi connectivity index (χ3n) is 5.20. The van der Waals surface area contributed by atoms with Crippen molar-refractivity contribution in [2.75, 3.05) is 37.9 Å². The number of sulfone groups is 1. The van der Waals surface area contributed by atoms with Gasteiger partial charge >= 0.3 is 0 Å². The van der Waals surface area contributed by atoms with Gasteiger partial charge in [0.2, 0.25) is 11.8 Å². The normalized spacial score (nSPS) is 21.9. The van der Waals surface area contributed by atoms with E-state index in [9.17, 15) is 18.0 Å². The van der Waals surface area contributed by atoms with Gasteiger partial charge in [-0.15, -0.1) is 0 Å². The quantitative estimate of drug-likeness (QED) is 0.781. The smallest absolute Gasteiger partial charge is 0.228 e. The molecule has 0 bridgehead atoms. The van der Waals surface area contributed by atoms with Crippen LogP contribution in [0.3, 0.4) is 0 Å². The lowest BCUT2D eigenvalue weighted by atomic mass is 10.0. The molecule has 0 spiro atoms. The van der Waals surface area contributed by atoms with Crippen molar-refractivity contribution in [1.82, 2.24) is 4.90 Å². The fraction of sp³-hybridized carbons (Fsp3) is 0.556. The monoisotopic (exact) mass is 380 g/mol. The number of anilines is 1. The second kappa shape index (κ2) is 7.26. The molecule has 3 rings (SSSR count). The van der Waals surface area contributed by atoms with Gasteiger partial charge in [-0.25, -0.2) is 8.42 Å². The van der Waals surface area contributed by atoms with Crippen LogP contribution in [0.15, 0.2) is 24.3 Å². The first-order valence-electron chi connectivity index (χ1n) is 8.71. The number of methoxy groups -OCH3 is 1. The van der Waals surface area contributed by atoms with Gasteiger partial charge in [0.15, 0.2) is 0 Å². The minimum absolute atomic E-state index is 0.0595. The van der Waals surface area contributed by atoms with Crippen LogP contribution in [0.2, 0.25) is 0 Å². The van der Waals surface area contributed by atoms with Crippen molar-refractivity contribution in [3.63, 3.8) is 0 Å². The maximum atomic E-state index is 12.8. The van der Waals surface area contributed by atoms with Crippen LogP contribution in [0.25, 0.3) is 0 Å². The zero-order valence-electron chi connectivity index (χ0n) is 15.1. The first-order valence-corrected chi connectivity index (χ1v) is 10.7. The SMILES string of the molecule is COc1cccc(N2C[C@@H](C(=O)N3CCC(S(C)(=O)=O)CC3)CC2=O)c1. The van der Waals surface area contributed by atoms with Crippen molar-refractivity contribution in [3.8, 4) is 5.75 Å². The van der Waals surface area contributed by atoms with Crippen molar-refractivity contribution in [2.45, 2.75) is 24.5 Å². The van der Waals surface area contributed by atoms with Crippen LogP contribution in [0.4, 0.5) is 5.69 Å². The number of hydrogen-bond acceptors (Lipinski definition) is 5. The first-order chi connectivity index (χ1) is 12.3. The summed E-state index contributed by atoms with van der Waals surface area (Å²) in [5, 5.41) is -0.370. The van der Waals surface area contributed by atoms with Crippen molar-refractivity contribution < 1.29 is 22.7 Å². The van der Waals surface area contributed by atoms with E-state index in [1.165, 1.54) is 6.26 Å². The minimum Gasteiger partial charge on any atom is -0.497 e. The molecule has 0 saturated carbocycles. The van der Waals surface area contributed by atoms with Crippen molar-refractivity contribution >= 4 is 27.3 Å². The number of rotatable bonds is 4. The molecule has 2 aliphatic rings. The van der Waals surface area contributed by atoms with Gasteiger partial charge in [0, 0.05) is 44.1 Å². The third kappa shape index (κ3) is 3.85. The molecule has 0 N–H and O–H groups in total. The van der Waals surface area contributed by atoms with E-state index < -0.39 is 9.84 Å². The Morgan fingerprint density at radius 3 is 2.54 bits per heavy atom. The summed E-state index contributed by atoms with van der Waals surface area (Å²) in [5.41, 5.74) is 0.723. The average molecular weight is 380 g/mol. The molecular weight excluding hydrogens is 356 g/mol. The van der Waals surface area contributed by atoms with E-state index in [1.807, 2.05) is 12.1 Å². The Morgan fingerprint density at radius 2 is 1.92 bits per heavy atom. The highest BCUT2D eigenvalue weighted by atomic mass is 32.2. The zero-order valence-corrected chi connectivity index (χ0v) is 15.9. The lowest BCUT2D eigenvalue weighted by molar-refractivity contribution is -0.136. The summed E-state index contributed by atoms with van der Waals surface area (Å²) in [6, 6.07) is 7.22.